The van der Waals surface area contributed by atoms with Crippen molar-refractivity contribution in [1.29, 1.82) is 0 Å². The lowest BCUT2D eigenvalue weighted by Gasteiger charge is -2.08. The Bertz CT molecular complexity index is 712. The molecule has 0 aliphatic heterocycles. The molecule has 2 aromatic rings. The van der Waals surface area contributed by atoms with Gasteiger partial charge in [-0.1, -0.05) is 15.9 Å². The molecule has 0 radical (unpaired) electrons. The molecule has 0 spiro atoms. The van der Waals surface area contributed by atoms with Gasteiger partial charge in [0.05, 0.1) is 5.69 Å². The number of halogens is 5. The third-order valence-corrected chi connectivity index (χ3v) is 3.26. The maximum Gasteiger partial charge on any atom is 0.435 e. The quantitative estimate of drug-likeness (QED) is 0.825. The lowest BCUT2D eigenvalue weighted by atomic mass is 10.3. The molecule has 0 aliphatic rings. The van der Waals surface area contributed by atoms with Gasteiger partial charge in [-0.2, -0.15) is 18.3 Å². The van der Waals surface area contributed by atoms with Gasteiger partial charge in [0.15, 0.2) is 5.69 Å². The van der Waals surface area contributed by atoms with E-state index in [1.807, 2.05) is 0 Å². The summed E-state index contributed by atoms with van der Waals surface area (Å²) in [6, 6.07) is 4.87. The molecule has 1 amide bonds. The molecular weight excluding hydrogens is 370 g/mol. The van der Waals surface area contributed by atoms with Crippen LogP contribution in [-0.2, 0) is 17.5 Å². The minimum atomic E-state index is -4.58. The molecule has 2 rings (SSSR count). The second kappa shape index (κ2) is 6.07. The molecular formula is C13H10BrF4N3O. The number of nitrogens with zero attached hydrogens (tertiary/aromatic N) is 2. The average Bonchev–Trinajstić information content (AvgIpc) is 2.74. The Labute approximate surface area is 131 Å². The summed E-state index contributed by atoms with van der Waals surface area (Å²) in [5, 5.41) is 5.61. The maximum absolute atomic E-state index is 13.6. The van der Waals surface area contributed by atoms with Gasteiger partial charge in [0.2, 0.25) is 5.91 Å². The number of benzene rings is 1. The lowest BCUT2D eigenvalue weighted by molar-refractivity contribution is -0.141. The van der Waals surface area contributed by atoms with Crippen LogP contribution >= 0.6 is 15.9 Å². The first-order chi connectivity index (χ1) is 10.2. The fraction of sp³-hybridized carbons (Fsp3) is 0.231. The smallest absolute Gasteiger partial charge is 0.322 e. The van der Waals surface area contributed by atoms with Crippen molar-refractivity contribution < 1.29 is 22.4 Å². The van der Waals surface area contributed by atoms with Gasteiger partial charge >= 0.3 is 6.18 Å². The number of hydrogen-bond acceptors (Lipinski definition) is 2. The van der Waals surface area contributed by atoms with Crippen molar-refractivity contribution in [3.05, 3.63) is 45.9 Å². The zero-order valence-corrected chi connectivity index (χ0v) is 12.8. The molecule has 118 valence electrons. The van der Waals surface area contributed by atoms with E-state index in [0.29, 0.717) is 4.47 Å². The van der Waals surface area contributed by atoms with Crippen LogP contribution in [-0.4, -0.2) is 15.7 Å². The van der Waals surface area contributed by atoms with Gasteiger partial charge in [-0.05, 0) is 31.2 Å². The van der Waals surface area contributed by atoms with E-state index >= 15 is 0 Å². The number of rotatable bonds is 3. The number of carbonyl (C=O) groups is 1. The fourth-order valence-corrected chi connectivity index (χ4v) is 2.06. The number of anilines is 1. The van der Waals surface area contributed by atoms with Crippen LogP contribution in [0.15, 0.2) is 28.7 Å². The lowest BCUT2D eigenvalue weighted by Crippen LogP contribution is -2.21. The zero-order chi connectivity index (χ0) is 16.5. The third kappa shape index (κ3) is 3.85. The van der Waals surface area contributed by atoms with Crippen molar-refractivity contribution in [1.82, 2.24) is 9.78 Å². The molecule has 9 heteroatoms. The van der Waals surface area contributed by atoms with Crippen LogP contribution in [0.4, 0.5) is 23.2 Å². The highest BCUT2D eigenvalue weighted by molar-refractivity contribution is 9.10. The Balaban J connectivity index is 2.11. The second-order valence-corrected chi connectivity index (χ2v) is 5.41. The average molecular weight is 380 g/mol. The highest BCUT2D eigenvalue weighted by atomic mass is 79.9. The van der Waals surface area contributed by atoms with E-state index in [4.69, 9.17) is 0 Å². The van der Waals surface area contributed by atoms with E-state index in [1.54, 1.807) is 0 Å². The number of alkyl halides is 3. The summed E-state index contributed by atoms with van der Waals surface area (Å²) in [5.74, 6) is -1.34. The number of hydrogen-bond donors (Lipinski definition) is 1. The number of carbonyl (C=O) groups excluding carboxylic acids is 1. The number of aromatic nitrogens is 2. The van der Waals surface area contributed by atoms with Crippen LogP contribution in [0.5, 0.6) is 0 Å². The van der Waals surface area contributed by atoms with Gasteiger partial charge in [0.25, 0.3) is 0 Å². The first-order valence-electron chi connectivity index (χ1n) is 6.03. The Kier molecular flexibility index (Phi) is 4.55. The minimum Gasteiger partial charge on any atom is -0.322 e. The van der Waals surface area contributed by atoms with Crippen LogP contribution in [0.1, 0.15) is 11.4 Å². The summed E-state index contributed by atoms with van der Waals surface area (Å²) in [7, 11) is 0. The molecule has 1 aromatic carbocycles. The largest absolute Gasteiger partial charge is 0.435 e. The first-order valence-corrected chi connectivity index (χ1v) is 6.82. The summed E-state index contributed by atoms with van der Waals surface area (Å²) in [5.41, 5.74) is -0.958. The van der Waals surface area contributed by atoms with E-state index in [2.05, 4.69) is 26.3 Å². The van der Waals surface area contributed by atoms with Gasteiger partial charge < -0.3 is 5.32 Å². The summed E-state index contributed by atoms with van der Waals surface area (Å²) in [4.78, 5) is 11.8. The van der Waals surface area contributed by atoms with Crippen molar-refractivity contribution in [3.63, 3.8) is 0 Å². The van der Waals surface area contributed by atoms with E-state index in [1.165, 1.54) is 19.1 Å². The highest BCUT2D eigenvalue weighted by Gasteiger charge is 2.34. The van der Waals surface area contributed by atoms with Crippen molar-refractivity contribution in [2.24, 2.45) is 0 Å². The molecule has 0 atom stereocenters. The molecule has 0 fully saturated rings. The van der Waals surface area contributed by atoms with Crippen LogP contribution < -0.4 is 5.32 Å². The summed E-state index contributed by atoms with van der Waals surface area (Å²) >= 11 is 3.07. The van der Waals surface area contributed by atoms with Crippen LogP contribution in [0.3, 0.4) is 0 Å². The van der Waals surface area contributed by atoms with Crippen molar-refractivity contribution in [3.8, 4) is 0 Å². The predicted octanol–water partition coefficient (Wildman–Crippen LogP) is 3.75. The highest BCUT2D eigenvalue weighted by Crippen LogP contribution is 2.28. The Morgan fingerprint density at radius 1 is 1.36 bits per heavy atom. The molecule has 0 saturated carbocycles. The van der Waals surface area contributed by atoms with Crippen molar-refractivity contribution >= 4 is 27.5 Å². The molecule has 1 aromatic heterocycles. The fourth-order valence-electron chi connectivity index (χ4n) is 1.73. The third-order valence-electron chi connectivity index (χ3n) is 2.77. The maximum atomic E-state index is 13.6. The summed E-state index contributed by atoms with van der Waals surface area (Å²) < 4.78 is 52.6. The SMILES string of the molecule is Cc1cc(C(F)(F)F)nn1CC(=O)Nc1ccc(Br)cc1F. The number of amides is 1. The van der Waals surface area contributed by atoms with Gasteiger partial charge in [0.1, 0.15) is 12.4 Å². The summed E-state index contributed by atoms with van der Waals surface area (Å²) in [6.45, 7) is 0.952. The van der Waals surface area contributed by atoms with E-state index in [9.17, 15) is 22.4 Å². The first kappa shape index (κ1) is 16.5. The number of aryl methyl sites for hydroxylation is 1. The standard InChI is InChI=1S/C13H10BrF4N3O/c1-7-4-11(13(16,17)18)20-21(7)6-12(22)19-10-3-2-8(14)5-9(10)15/h2-5H,6H2,1H3,(H,19,22). The monoisotopic (exact) mass is 379 g/mol. The molecule has 0 unspecified atom stereocenters. The Hall–Kier alpha value is -1.90. The Morgan fingerprint density at radius 3 is 2.59 bits per heavy atom. The number of nitrogens with one attached hydrogen (secondary N) is 1. The van der Waals surface area contributed by atoms with Crippen LogP contribution in [0.2, 0.25) is 0 Å². The molecule has 0 bridgehead atoms. The van der Waals surface area contributed by atoms with E-state index < -0.39 is 30.1 Å². The van der Waals surface area contributed by atoms with Crippen LogP contribution in [0, 0.1) is 12.7 Å². The predicted molar refractivity (Wildman–Crippen MR) is 74.7 cm³/mol. The molecule has 1 heterocycles. The molecule has 0 aliphatic carbocycles. The van der Waals surface area contributed by atoms with Gasteiger partial charge in [0, 0.05) is 10.2 Å². The molecule has 1 N–H and O–H groups in total. The zero-order valence-electron chi connectivity index (χ0n) is 11.2. The van der Waals surface area contributed by atoms with Gasteiger partial charge in [-0.15, -0.1) is 0 Å². The van der Waals surface area contributed by atoms with Crippen LogP contribution in [0.25, 0.3) is 0 Å². The molecule has 22 heavy (non-hydrogen) atoms. The molecule has 4 nitrogen and oxygen atoms in total. The van der Waals surface area contributed by atoms with Gasteiger partial charge in [-0.25, -0.2) is 4.39 Å². The minimum absolute atomic E-state index is 0.0611. The second-order valence-electron chi connectivity index (χ2n) is 4.50. The normalized spacial score (nSPS) is 11.5. The Morgan fingerprint density at radius 2 is 2.05 bits per heavy atom. The molecule has 0 saturated heterocycles. The van der Waals surface area contributed by atoms with Crippen molar-refractivity contribution in [2.75, 3.05) is 5.32 Å². The van der Waals surface area contributed by atoms with Gasteiger partial charge in [-0.3, -0.25) is 9.48 Å². The van der Waals surface area contributed by atoms with Crippen molar-refractivity contribution in [2.45, 2.75) is 19.6 Å². The summed E-state index contributed by atoms with van der Waals surface area (Å²) in [6.07, 6.45) is -4.58. The van der Waals surface area contributed by atoms with E-state index in [0.717, 1.165) is 16.8 Å². The topological polar surface area (TPSA) is 46.9 Å². The van der Waals surface area contributed by atoms with E-state index in [-0.39, 0.29) is 11.4 Å².